The molecule has 2 fully saturated rings. The van der Waals surface area contributed by atoms with E-state index in [4.69, 9.17) is 0 Å². The fourth-order valence-electron chi connectivity index (χ4n) is 5.06. The molecule has 0 aromatic heterocycles. The molecule has 1 unspecified atom stereocenters. The molecule has 2 N–H and O–H groups in total. The zero-order chi connectivity index (χ0) is 22.9. The maximum atomic E-state index is 13.9. The van der Waals surface area contributed by atoms with Crippen LogP contribution in [0.15, 0.2) is 54.6 Å². The molecule has 0 bridgehead atoms. The van der Waals surface area contributed by atoms with E-state index in [1.807, 2.05) is 0 Å². The quantitative estimate of drug-likeness (QED) is 0.758. The standard InChI is InChI=1S/C24H25F3N2O3/c25-18-8-6-16(7-9-18)19-15-28-20(30)14-23(19)10-12-29(13-11-23)22(31)24(32,21(26)27)17-4-2-1-3-5-17/h1-9,19,21,32H,10-15H2,(H,28,30)/t19-,24?/m0/s1. The second-order valence-corrected chi connectivity index (χ2v) is 8.67. The Morgan fingerprint density at radius 2 is 1.72 bits per heavy atom. The zero-order valence-corrected chi connectivity index (χ0v) is 17.4. The van der Waals surface area contributed by atoms with E-state index >= 15 is 0 Å². The van der Waals surface area contributed by atoms with Crippen molar-refractivity contribution in [2.24, 2.45) is 5.41 Å². The van der Waals surface area contributed by atoms with Crippen molar-refractivity contribution in [1.82, 2.24) is 10.2 Å². The van der Waals surface area contributed by atoms with Gasteiger partial charge in [0.05, 0.1) is 0 Å². The molecule has 2 atom stereocenters. The van der Waals surface area contributed by atoms with Gasteiger partial charge in [-0.1, -0.05) is 42.5 Å². The number of rotatable bonds is 4. The average molecular weight is 446 g/mol. The topological polar surface area (TPSA) is 69.6 Å². The fourth-order valence-corrected chi connectivity index (χ4v) is 5.06. The first kappa shape index (κ1) is 22.3. The minimum atomic E-state index is -3.29. The SMILES string of the molecule is O=C1CC2(CCN(C(=O)C(O)(c3ccccc3)C(F)F)CC2)[C@H](c2ccc(F)cc2)CN1. The van der Waals surface area contributed by atoms with E-state index in [0.29, 0.717) is 19.4 Å². The molecule has 32 heavy (non-hydrogen) atoms. The van der Waals surface area contributed by atoms with Gasteiger partial charge in [0.15, 0.2) is 0 Å². The summed E-state index contributed by atoms with van der Waals surface area (Å²) in [6.45, 7) is 0.681. The molecule has 2 amide bonds. The van der Waals surface area contributed by atoms with Crippen LogP contribution in [0.2, 0.25) is 0 Å². The summed E-state index contributed by atoms with van der Waals surface area (Å²) < 4.78 is 41.2. The van der Waals surface area contributed by atoms with Crippen LogP contribution in [0, 0.1) is 11.2 Å². The van der Waals surface area contributed by atoms with Crippen LogP contribution in [0.1, 0.15) is 36.3 Å². The molecule has 2 aromatic carbocycles. The lowest BCUT2D eigenvalue weighted by atomic mass is 9.62. The number of carbonyl (C=O) groups excluding carboxylic acids is 2. The summed E-state index contributed by atoms with van der Waals surface area (Å²) in [5.74, 6) is -1.57. The van der Waals surface area contributed by atoms with Gasteiger partial charge in [-0.05, 0) is 41.5 Å². The summed E-state index contributed by atoms with van der Waals surface area (Å²) in [4.78, 5) is 26.5. The highest BCUT2D eigenvalue weighted by Gasteiger charge is 2.52. The number of nitrogens with one attached hydrogen (secondary N) is 1. The number of nitrogens with zero attached hydrogens (tertiary/aromatic N) is 1. The first-order valence-electron chi connectivity index (χ1n) is 10.6. The summed E-state index contributed by atoms with van der Waals surface area (Å²) in [6, 6.07) is 13.4. The molecule has 2 aliphatic rings. The lowest BCUT2D eigenvalue weighted by Gasteiger charge is -2.49. The average Bonchev–Trinajstić information content (AvgIpc) is 2.80. The van der Waals surface area contributed by atoms with Crippen LogP contribution in [0.5, 0.6) is 0 Å². The first-order valence-corrected chi connectivity index (χ1v) is 10.6. The Morgan fingerprint density at radius 1 is 1.09 bits per heavy atom. The van der Waals surface area contributed by atoms with Gasteiger partial charge < -0.3 is 15.3 Å². The predicted octanol–water partition coefficient (Wildman–Crippen LogP) is 3.19. The molecule has 0 saturated carbocycles. The number of alkyl halides is 2. The Morgan fingerprint density at radius 3 is 2.31 bits per heavy atom. The minimum absolute atomic E-state index is 0.0823. The van der Waals surface area contributed by atoms with Crippen LogP contribution in [-0.4, -0.2) is 47.9 Å². The van der Waals surface area contributed by atoms with Crippen molar-refractivity contribution in [2.45, 2.75) is 37.2 Å². The van der Waals surface area contributed by atoms with Crippen molar-refractivity contribution in [2.75, 3.05) is 19.6 Å². The van der Waals surface area contributed by atoms with E-state index in [1.165, 1.54) is 41.3 Å². The van der Waals surface area contributed by atoms with Gasteiger partial charge in [-0.15, -0.1) is 0 Å². The summed E-state index contributed by atoms with van der Waals surface area (Å²) in [7, 11) is 0. The molecule has 2 aliphatic heterocycles. The highest BCUT2D eigenvalue weighted by atomic mass is 19.3. The summed E-state index contributed by atoms with van der Waals surface area (Å²) in [6.07, 6.45) is -2.21. The van der Waals surface area contributed by atoms with Crippen molar-refractivity contribution in [3.8, 4) is 0 Å². The van der Waals surface area contributed by atoms with Gasteiger partial charge in [-0.3, -0.25) is 9.59 Å². The second-order valence-electron chi connectivity index (χ2n) is 8.67. The molecule has 5 nitrogen and oxygen atoms in total. The van der Waals surface area contributed by atoms with E-state index in [1.54, 1.807) is 18.2 Å². The third kappa shape index (κ3) is 3.88. The van der Waals surface area contributed by atoms with Crippen LogP contribution in [-0.2, 0) is 15.2 Å². The van der Waals surface area contributed by atoms with Gasteiger partial charge in [-0.25, -0.2) is 13.2 Å². The molecule has 0 aliphatic carbocycles. The van der Waals surface area contributed by atoms with E-state index in [-0.39, 0.29) is 42.7 Å². The molecule has 4 rings (SSSR count). The number of benzene rings is 2. The van der Waals surface area contributed by atoms with E-state index in [0.717, 1.165) is 5.56 Å². The molecular weight excluding hydrogens is 421 g/mol. The van der Waals surface area contributed by atoms with Crippen LogP contribution >= 0.6 is 0 Å². The Bertz CT molecular complexity index is 976. The number of carbonyl (C=O) groups is 2. The monoisotopic (exact) mass is 446 g/mol. The van der Waals surface area contributed by atoms with Crippen LogP contribution < -0.4 is 5.32 Å². The Labute approximate surface area is 184 Å². The van der Waals surface area contributed by atoms with E-state index < -0.39 is 23.3 Å². The van der Waals surface area contributed by atoms with Gasteiger partial charge in [0.25, 0.3) is 12.3 Å². The molecule has 8 heteroatoms. The molecular formula is C24H25F3N2O3. The van der Waals surface area contributed by atoms with Crippen molar-refractivity contribution < 1.29 is 27.9 Å². The minimum Gasteiger partial charge on any atom is -0.371 e. The number of hydrogen-bond acceptors (Lipinski definition) is 3. The Hall–Kier alpha value is -2.87. The third-order valence-electron chi connectivity index (χ3n) is 6.93. The van der Waals surface area contributed by atoms with Crippen molar-refractivity contribution in [3.63, 3.8) is 0 Å². The molecule has 170 valence electrons. The Kier molecular flexibility index (Phi) is 5.99. The van der Waals surface area contributed by atoms with Crippen LogP contribution in [0.3, 0.4) is 0 Å². The van der Waals surface area contributed by atoms with Gasteiger partial charge in [0.1, 0.15) is 5.82 Å². The second kappa shape index (κ2) is 8.58. The van der Waals surface area contributed by atoms with Crippen molar-refractivity contribution >= 4 is 11.8 Å². The molecule has 2 heterocycles. The number of aliphatic hydroxyl groups is 1. The zero-order valence-electron chi connectivity index (χ0n) is 17.4. The largest absolute Gasteiger partial charge is 0.371 e. The summed E-state index contributed by atoms with van der Waals surface area (Å²) in [5, 5.41) is 13.6. The molecule has 1 spiro atoms. The summed E-state index contributed by atoms with van der Waals surface area (Å²) >= 11 is 0. The van der Waals surface area contributed by atoms with Crippen LogP contribution in [0.25, 0.3) is 0 Å². The molecule has 2 aromatic rings. The summed E-state index contributed by atoms with van der Waals surface area (Å²) in [5.41, 5.74) is -2.65. The molecule has 2 saturated heterocycles. The lowest BCUT2D eigenvalue weighted by molar-refractivity contribution is -0.174. The van der Waals surface area contributed by atoms with Crippen LogP contribution in [0.4, 0.5) is 13.2 Å². The molecule has 0 radical (unpaired) electrons. The third-order valence-corrected chi connectivity index (χ3v) is 6.93. The number of piperidine rings is 2. The highest BCUT2D eigenvalue weighted by Crippen LogP contribution is 2.49. The normalized spacial score (nSPS) is 22.5. The maximum absolute atomic E-state index is 13.9. The Balaban J connectivity index is 1.56. The fraction of sp³-hybridized carbons (Fsp3) is 0.417. The predicted molar refractivity (Wildman–Crippen MR) is 111 cm³/mol. The van der Waals surface area contributed by atoms with E-state index in [9.17, 15) is 27.9 Å². The van der Waals surface area contributed by atoms with E-state index in [2.05, 4.69) is 5.32 Å². The van der Waals surface area contributed by atoms with Gasteiger partial charge in [0.2, 0.25) is 11.5 Å². The maximum Gasteiger partial charge on any atom is 0.280 e. The number of halogens is 3. The van der Waals surface area contributed by atoms with Crippen molar-refractivity contribution in [3.05, 3.63) is 71.5 Å². The smallest absolute Gasteiger partial charge is 0.280 e. The van der Waals surface area contributed by atoms with Gasteiger partial charge in [-0.2, -0.15) is 0 Å². The van der Waals surface area contributed by atoms with Crippen molar-refractivity contribution in [1.29, 1.82) is 0 Å². The first-order chi connectivity index (χ1) is 15.3. The highest BCUT2D eigenvalue weighted by molar-refractivity contribution is 5.87. The number of amides is 2. The van der Waals surface area contributed by atoms with Gasteiger partial charge in [0, 0.05) is 32.0 Å². The number of hydrogen-bond donors (Lipinski definition) is 2. The van der Waals surface area contributed by atoms with Gasteiger partial charge >= 0.3 is 0 Å². The lowest BCUT2D eigenvalue weighted by Crippen LogP contribution is -2.57. The number of likely N-dealkylation sites (tertiary alicyclic amines) is 1.